The van der Waals surface area contributed by atoms with Crippen LogP contribution in [0.5, 0.6) is 0 Å². The van der Waals surface area contributed by atoms with Gasteiger partial charge in [-0.05, 0) is 46.5 Å². The SMILES string of the molecule is N=C1C(=NN)C(N)C(c2c(Br)cc(-c3cc(Br)c(C4(S(=O)(=O)O)c5ccccc5C(=N)C(=NN)C4N)c(Br)c3)cc2Br)(S(=O)(=O)O)c2ccccc21. The molecule has 0 heterocycles. The zero-order valence-corrected chi connectivity index (χ0v) is 34.1. The van der Waals surface area contributed by atoms with Crippen molar-refractivity contribution in [3.63, 3.8) is 0 Å². The first-order valence-corrected chi connectivity index (χ1v) is 20.7. The van der Waals surface area contributed by atoms with Gasteiger partial charge in [0.25, 0.3) is 20.2 Å². The molecule has 0 saturated carbocycles. The summed E-state index contributed by atoms with van der Waals surface area (Å²) in [6.07, 6.45) is 0. The lowest BCUT2D eigenvalue weighted by Crippen LogP contribution is -2.61. The number of fused-ring (bicyclic) bond motifs is 2. The maximum Gasteiger partial charge on any atom is 0.281 e. The summed E-state index contributed by atoms with van der Waals surface area (Å²) in [4.78, 5) is 0. The number of halogens is 4. The van der Waals surface area contributed by atoms with E-state index in [4.69, 9.17) is 34.0 Å². The maximum atomic E-state index is 13.6. The fourth-order valence-electron chi connectivity index (χ4n) is 7.27. The molecule has 0 saturated heterocycles. The molecule has 52 heavy (non-hydrogen) atoms. The molecule has 4 aromatic carbocycles. The summed E-state index contributed by atoms with van der Waals surface area (Å²) in [5.41, 5.74) is 13.5. The fraction of sp³-hybridized carbons (Fsp3) is 0.125. The van der Waals surface area contributed by atoms with Crippen molar-refractivity contribution in [1.82, 2.24) is 0 Å². The van der Waals surface area contributed by atoms with Gasteiger partial charge in [0.2, 0.25) is 0 Å². The first-order valence-electron chi connectivity index (χ1n) is 14.7. The molecule has 2 aliphatic rings. The van der Waals surface area contributed by atoms with Gasteiger partial charge in [-0.2, -0.15) is 27.0 Å². The molecular weight excluding hydrogens is 976 g/mol. The Kier molecular flexibility index (Phi) is 9.85. The van der Waals surface area contributed by atoms with Gasteiger partial charge in [-0.15, -0.1) is 0 Å². The number of nitrogens with one attached hydrogen (secondary N) is 2. The minimum atomic E-state index is -5.14. The maximum absolute atomic E-state index is 13.6. The Balaban J connectivity index is 1.61. The molecule has 0 bridgehead atoms. The molecule has 12 N–H and O–H groups in total. The summed E-state index contributed by atoms with van der Waals surface area (Å²) in [5, 5.41) is 24.6. The molecule has 0 radical (unpaired) electrons. The van der Waals surface area contributed by atoms with Gasteiger partial charge in [0.05, 0.1) is 23.5 Å². The minimum Gasteiger partial charge on any atom is -0.323 e. The quantitative estimate of drug-likeness (QED) is 0.0774. The second kappa shape index (κ2) is 13.3. The van der Waals surface area contributed by atoms with Crippen molar-refractivity contribution in [2.75, 3.05) is 0 Å². The normalized spacial score (nSPS) is 24.9. The Morgan fingerprint density at radius 1 is 0.596 bits per heavy atom. The van der Waals surface area contributed by atoms with Crippen molar-refractivity contribution < 1.29 is 25.9 Å². The van der Waals surface area contributed by atoms with Gasteiger partial charge in [0.15, 0.2) is 9.49 Å². The summed E-state index contributed by atoms with van der Waals surface area (Å²) in [6, 6.07) is 15.2. The van der Waals surface area contributed by atoms with Crippen LogP contribution in [0.1, 0.15) is 33.4 Å². The molecule has 0 spiro atoms. The summed E-state index contributed by atoms with van der Waals surface area (Å²) in [6.45, 7) is 0. The molecule has 0 fully saturated rings. The molecule has 0 amide bonds. The Bertz CT molecular complexity index is 2330. The van der Waals surface area contributed by atoms with Crippen LogP contribution in [0.15, 0.2) is 101 Å². The van der Waals surface area contributed by atoms with E-state index in [2.05, 4.69) is 73.9 Å². The van der Waals surface area contributed by atoms with E-state index in [-0.39, 0.29) is 74.1 Å². The van der Waals surface area contributed by atoms with E-state index in [0.717, 1.165) is 0 Å². The smallest absolute Gasteiger partial charge is 0.281 e. The van der Waals surface area contributed by atoms with Crippen LogP contribution in [0.4, 0.5) is 0 Å². The molecule has 4 aromatic rings. The lowest BCUT2D eigenvalue weighted by atomic mass is 9.72. The highest BCUT2D eigenvalue weighted by atomic mass is 79.9. The fourth-order valence-corrected chi connectivity index (χ4v) is 14.2. The van der Waals surface area contributed by atoms with Gasteiger partial charge in [0.1, 0.15) is 11.4 Å². The monoisotopic (exact) mass is 998 g/mol. The van der Waals surface area contributed by atoms with Crippen LogP contribution in [0.25, 0.3) is 11.1 Å². The van der Waals surface area contributed by atoms with E-state index in [1.165, 1.54) is 24.3 Å². The number of nitrogens with two attached hydrogens (primary N) is 4. The lowest BCUT2D eigenvalue weighted by Gasteiger charge is -2.43. The Labute approximate surface area is 331 Å². The van der Waals surface area contributed by atoms with Crippen molar-refractivity contribution in [1.29, 1.82) is 10.8 Å². The average molecular weight is 1000 g/mol. The zero-order valence-electron chi connectivity index (χ0n) is 26.1. The topological polar surface area (TPSA) is 285 Å². The summed E-state index contributed by atoms with van der Waals surface area (Å²) in [7, 11) is -10.3. The second-order valence-electron chi connectivity index (χ2n) is 11.9. The second-order valence-corrected chi connectivity index (χ2v) is 18.5. The highest BCUT2D eigenvalue weighted by Gasteiger charge is 2.61. The van der Waals surface area contributed by atoms with Crippen LogP contribution >= 0.6 is 63.7 Å². The number of hydrogen-bond acceptors (Lipinski definition) is 12. The Hall–Kier alpha value is -3.18. The molecule has 4 atom stereocenters. The number of benzene rings is 4. The third kappa shape index (κ3) is 5.25. The summed E-state index contributed by atoms with van der Waals surface area (Å²) >= 11 is 14.0. The molecule has 0 aliphatic heterocycles. The molecule has 270 valence electrons. The van der Waals surface area contributed by atoms with E-state index in [1.54, 1.807) is 48.5 Å². The predicted molar refractivity (Wildman–Crippen MR) is 213 cm³/mol. The van der Waals surface area contributed by atoms with Crippen molar-refractivity contribution in [3.8, 4) is 11.1 Å². The van der Waals surface area contributed by atoms with Gasteiger partial charge < -0.3 is 23.2 Å². The molecular formula is C32H26Br4N8O6S2. The van der Waals surface area contributed by atoms with Crippen LogP contribution in [0.2, 0.25) is 0 Å². The van der Waals surface area contributed by atoms with Gasteiger partial charge in [0, 0.05) is 40.1 Å². The van der Waals surface area contributed by atoms with Crippen molar-refractivity contribution >= 4 is 107 Å². The first kappa shape index (κ1) is 38.5. The number of nitrogens with zero attached hydrogens (tertiary/aromatic N) is 2. The van der Waals surface area contributed by atoms with Crippen molar-refractivity contribution in [2.24, 2.45) is 33.4 Å². The van der Waals surface area contributed by atoms with Crippen LogP contribution in [0, 0.1) is 10.8 Å². The van der Waals surface area contributed by atoms with E-state index in [0.29, 0.717) is 11.1 Å². The van der Waals surface area contributed by atoms with Crippen LogP contribution in [-0.2, 0) is 29.7 Å². The number of rotatable bonds is 5. The third-order valence-corrected chi connectivity index (χ3v) is 14.9. The van der Waals surface area contributed by atoms with Gasteiger partial charge >= 0.3 is 0 Å². The highest BCUT2D eigenvalue weighted by molar-refractivity contribution is 9.11. The number of hydrazone groups is 2. The van der Waals surface area contributed by atoms with Crippen molar-refractivity contribution in [3.05, 3.63) is 124 Å². The van der Waals surface area contributed by atoms with Gasteiger partial charge in [-0.25, -0.2) is 0 Å². The summed E-state index contributed by atoms with van der Waals surface area (Å²) < 4.78 is 72.4. The molecule has 20 heteroatoms. The lowest BCUT2D eigenvalue weighted by molar-refractivity contribution is 0.433. The Morgan fingerprint density at radius 2 is 0.885 bits per heavy atom. The zero-order chi connectivity index (χ0) is 38.3. The van der Waals surface area contributed by atoms with E-state index in [9.17, 15) is 25.9 Å². The van der Waals surface area contributed by atoms with Crippen LogP contribution in [-0.4, -0.2) is 60.9 Å². The van der Waals surface area contributed by atoms with E-state index >= 15 is 0 Å². The van der Waals surface area contributed by atoms with Gasteiger partial charge in [-0.1, -0.05) is 112 Å². The largest absolute Gasteiger partial charge is 0.323 e. The predicted octanol–water partition coefficient (Wildman–Crippen LogP) is 4.71. The van der Waals surface area contributed by atoms with Gasteiger partial charge in [-0.3, -0.25) is 19.9 Å². The molecule has 14 nitrogen and oxygen atoms in total. The molecule has 4 unspecified atom stereocenters. The standard InChI is InChI=1S/C32H26Br4N8O6S2/c33-19-9-13(10-20(34)23(19)31(51(45,46)47)17-7-3-1-5-15(17)25(37)27(43-41)29(31)39)14-11-21(35)24(22(36)12-14)32(52(48,49)50)18-8-4-2-6-16(18)26(38)28(44-42)30(32)40/h1-12,29-30,37-38H,39-42H2,(H,45,46,47)(H,48,49,50). The van der Waals surface area contributed by atoms with E-state index < -0.39 is 41.8 Å². The highest BCUT2D eigenvalue weighted by Crippen LogP contribution is 2.53. The average Bonchev–Trinajstić information content (AvgIpc) is 3.06. The minimum absolute atomic E-state index is 0.00624. The summed E-state index contributed by atoms with van der Waals surface area (Å²) in [5.74, 6) is 11.2. The van der Waals surface area contributed by atoms with Crippen LogP contribution in [0.3, 0.4) is 0 Å². The number of hydrogen-bond donors (Lipinski definition) is 8. The third-order valence-electron chi connectivity index (χ3n) is 9.42. The Morgan fingerprint density at radius 3 is 1.15 bits per heavy atom. The molecule has 2 aliphatic carbocycles. The molecule has 0 aromatic heterocycles. The van der Waals surface area contributed by atoms with Crippen molar-refractivity contribution in [2.45, 2.75) is 21.6 Å². The first-order chi connectivity index (χ1) is 24.3. The van der Waals surface area contributed by atoms with E-state index in [1.807, 2.05) is 0 Å². The van der Waals surface area contributed by atoms with Crippen LogP contribution < -0.4 is 23.2 Å². The molecule has 6 rings (SSSR count).